The van der Waals surface area contributed by atoms with E-state index in [4.69, 9.17) is 5.73 Å². The minimum Gasteiger partial charge on any atom is -0.364 e. The number of rotatable bonds is 7. The van der Waals surface area contributed by atoms with E-state index in [0.29, 0.717) is 31.5 Å². The SMILES string of the molecule is C=CC(=O)N1CCC(c2ccc(Nc3nc(N4CCCC(NC(C)=O)C4)nnc3C(N)=O)cc2)CC1. The summed E-state index contributed by atoms with van der Waals surface area (Å²) in [7, 11) is 0. The number of benzene rings is 1. The second-order valence-electron chi connectivity index (χ2n) is 9.21. The van der Waals surface area contributed by atoms with Crippen molar-refractivity contribution in [3.05, 3.63) is 48.2 Å². The Hall–Kier alpha value is -4.02. The summed E-state index contributed by atoms with van der Waals surface area (Å²) in [4.78, 5) is 43.6. The number of aromatic nitrogens is 3. The molecule has 3 amide bonds. The van der Waals surface area contributed by atoms with Gasteiger partial charge in [-0.25, -0.2) is 0 Å². The summed E-state index contributed by atoms with van der Waals surface area (Å²) in [5, 5.41) is 14.3. The Morgan fingerprint density at radius 3 is 2.44 bits per heavy atom. The molecule has 1 aromatic heterocycles. The smallest absolute Gasteiger partial charge is 0.273 e. The average molecular weight is 493 g/mol. The standard InChI is InChI=1S/C25H32N8O3/c1-3-21(35)32-13-10-18(11-14-32)17-6-8-19(9-7-17)28-24-22(23(26)36)30-31-25(29-24)33-12-4-5-20(15-33)27-16(2)34/h3,6-9,18,20H,1,4-5,10-15H2,2H3,(H2,26,36)(H,27,34)(H,28,29,31). The average Bonchev–Trinajstić information content (AvgIpc) is 2.88. The molecule has 4 rings (SSSR count). The fourth-order valence-electron chi connectivity index (χ4n) is 4.81. The van der Waals surface area contributed by atoms with E-state index < -0.39 is 5.91 Å². The number of likely N-dealkylation sites (tertiary alicyclic amines) is 1. The van der Waals surface area contributed by atoms with Crippen LogP contribution in [0.5, 0.6) is 0 Å². The normalized spacial score (nSPS) is 18.4. The van der Waals surface area contributed by atoms with E-state index >= 15 is 0 Å². The van der Waals surface area contributed by atoms with Gasteiger partial charge in [-0.05, 0) is 55.4 Å². The summed E-state index contributed by atoms with van der Waals surface area (Å²) >= 11 is 0. The Morgan fingerprint density at radius 2 is 1.81 bits per heavy atom. The quantitative estimate of drug-likeness (QED) is 0.495. The van der Waals surface area contributed by atoms with Crippen LogP contribution in [0.15, 0.2) is 36.9 Å². The molecule has 3 heterocycles. The molecule has 190 valence electrons. The molecule has 2 saturated heterocycles. The molecule has 1 atom stereocenters. The number of nitrogens with two attached hydrogens (primary N) is 1. The van der Waals surface area contributed by atoms with Crippen molar-refractivity contribution in [1.82, 2.24) is 25.4 Å². The molecule has 4 N–H and O–H groups in total. The van der Waals surface area contributed by atoms with E-state index in [2.05, 4.69) is 32.4 Å². The van der Waals surface area contributed by atoms with E-state index in [1.807, 2.05) is 34.1 Å². The van der Waals surface area contributed by atoms with Crippen LogP contribution >= 0.6 is 0 Å². The third kappa shape index (κ3) is 5.96. The molecule has 36 heavy (non-hydrogen) atoms. The Kier molecular flexibility index (Phi) is 7.77. The Labute approximate surface area is 210 Å². The molecule has 11 nitrogen and oxygen atoms in total. The lowest BCUT2D eigenvalue weighted by Gasteiger charge is -2.32. The van der Waals surface area contributed by atoms with Crippen molar-refractivity contribution in [2.45, 2.75) is 44.6 Å². The summed E-state index contributed by atoms with van der Waals surface area (Å²) in [5.74, 6) is 0.152. The number of primary amides is 1. The van der Waals surface area contributed by atoms with E-state index in [9.17, 15) is 14.4 Å². The van der Waals surface area contributed by atoms with E-state index in [1.165, 1.54) is 18.6 Å². The first-order chi connectivity index (χ1) is 17.3. The van der Waals surface area contributed by atoms with Gasteiger partial charge in [0, 0.05) is 44.8 Å². The van der Waals surface area contributed by atoms with Gasteiger partial charge in [0.15, 0.2) is 11.5 Å². The van der Waals surface area contributed by atoms with Gasteiger partial charge in [0.2, 0.25) is 17.8 Å². The van der Waals surface area contributed by atoms with Gasteiger partial charge < -0.3 is 26.2 Å². The second-order valence-corrected chi connectivity index (χ2v) is 9.21. The lowest BCUT2D eigenvalue weighted by atomic mass is 9.89. The molecule has 2 aliphatic rings. The monoisotopic (exact) mass is 492 g/mol. The third-order valence-electron chi connectivity index (χ3n) is 6.65. The Morgan fingerprint density at radius 1 is 1.08 bits per heavy atom. The highest BCUT2D eigenvalue weighted by molar-refractivity contribution is 5.96. The number of hydrogen-bond acceptors (Lipinski definition) is 8. The predicted molar refractivity (Wildman–Crippen MR) is 136 cm³/mol. The van der Waals surface area contributed by atoms with Crippen molar-refractivity contribution in [3.63, 3.8) is 0 Å². The molecule has 0 radical (unpaired) electrons. The number of amides is 3. The summed E-state index contributed by atoms with van der Waals surface area (Å²) in [6, 6.07) is 7.94. The Balaban J connectivity index is 1.46. The van der Waals surface area contributed by atoms with Crippen LogP contribution in [0.2, 0.25) is 0 Å². The minimum absolute atomic E-state index is 0.00128. The van der Waals surface area contributed by atoms with Crippen LogP contribution in [-0.2, 0) is 9.59 Å². The number of carbonyl (C=O) groups is 3. The Bertz CT molecular complexity index is 1130. The van der Waals surface area contributed by atoms with Crippen LogP contribution in [-0.4, -0.2) is 70.0 Å². The van der Waals surface area contributed by atoms with Crippen LogP contribution in [0.4, 0.5) is 17.5 Å². The van der Waals surface area contributed by atoms with Gasteiger partial charge >= 0.3 is 0 Å². The van der Waals surface area contributed by atoms with E-state index in [1.54, 1.807) is 0 Å². The molecule has 1 unspecified atom stereocenters. The highest BCUT2D eigenvalue weighted by atomic mass is 16.2. The van der Waals surface area contributed by atoms with Crippen LogP contribution in [0.25, 0.3) is 0 Å². The topological polar surface area (TPSA) is 146 Å². The number of hydrogen-bond donors (Lipinski definition) is 3. The molecule has 2 aromatic rings. The molecule has 1 aromatic carbocycles. The lowest BCUT2D eigenvalue weighted by Crippen LogP contribution is -2.47. The van der Waals surface area contributed by atoms with Crippen molar-refractivity contribution < 1.29 is 14.4 Å². The molecule has 2 aliphatic heterocycles. The number of piperidine rings is 2. The zero-order valence-corrected chi connectivity index (χ0v) is 20.4. The third-order valence-corrected chi connectivity index (χ3v) is 6.65. The second kappa shape index (κ2) is 11.1. The van der Waals surface area contributed by atoms with Crippen molar-refractivity contribution in [1.29, 1.82) is 0 Å². The zero-order chi connectivity index (χ0) is 25.7. The fraction of sp³-hybridized carbons (Fsp3) is 0.440. The van der Waals surface area contributed by atoms with Crippen LogP contribution in [0.3, 0.4) is 0 Å². The summed E-state index contributed by atoms with van der Waals surface area (Å²) in [6.07, 6.45) is 4.90. The molecule has 2 fully saturated rings. The van der Waals surface area contributed by atoms with Gasteiger partial charge in [-0.2, -0.15) is 4.98 Å². The molecule has 0 bridgehead atoms. The van der Waals surface area contributed by atoms with Gasteiger partial charge in [-0.1, -0.05) is 18.7 Å². The maximum Gasteiger partial charge on any atom is 0.273 e. The van der Waals surface area contributed by atoms with Crippen molar-refractivity contribution in [3.8, 4) is 0 Å². The molecule has 0 spiro atoms. The summed E-state index contributed by atoms with van der Waals surface area (Å²) < 4.78 is 0. The van der Waals surface area contributed by atoms with Gasteiger partial charge in [-0.3, -0.25) is 14.4 Å². The minimum atomic E-state index is -0.726. The first-order valence-electron chi connectivity index (χ1n) is 12.2. The molecular weight excluding hydrogens is 460 g/mol. The van der Waals surface area contributed by atoms with Gasteiger partial charge in [0.1, 0.15) is 0 Å². The maximum atomic E-state index is 12.0. The van der Waals surface area contributed by atoms with E-state index in [-0.39, 0.29) is 29.4 Å². The predicted octanol–water partition coefficient (Wildman–Crippen LogP) is 1.71. The summed E-state index contributed by atoms with van der Waals surface area (Å²) in [5.41, 5.74) is 7.41. The number of nitrogens with one attached hydrogen (secondary N) is 2. The highest BCUT2D eigenvalue weighted by Crippen LogP contribution is 2.30. The van der Waals surface area contributed by atoms with E-state index in [0.717, 1.165) is 37.9 Å². The fourth-order valence-corrected chi connectivity index (χ4v) is 4.81. The van der Waals surface area contributed by atoms with Gasteiger partial charge in [0.05, 0.1) is 0 Å². The number of nitrogens with zero attached hydrogens (tertiary/aromatic N) is 5. The van der Waals surface area contributed by atoms with Crippen molar-refractivity contribution in [2.75, 3.05) is 36.4 Å². The first-order valence-corrected chi connectivity index (χ1v) is 12.2. The zero-order valence-electron chi connectivity index (χ0n) is 20.4. The highest BCUT2D eigenvalue weighted by Gasteiger charge is 2.25. The van der Waals surface area contributed by atoms with Crippen LogP contribution in [0, 0.1) is 0 Å². The van der Waals surface area contributed by atoms with Crippen LogP contribution < -0.4 is 21.3 Å². The largest absolute Gasteiger partial charge is 0.364 e. The summed E-state index contributed by atoms with van der Waals surface area (Å²) in [6.45, 7) is 7.77. The number of carbonyl (C=O) groups excluding carboxylic acids is 3. The van der Waals surface area contributed by atoms with Crippen molar-refractivity contribution in [2.24, 2.45) is 5.73 Å². The number of anilines is 3. The molecule has 0 aliphatic carbocycles. The van der Waals surface area contributed by atoms with Crippen LogP contribution in [0.1, 0.15) is 54.6 Å². The molecule has 11 heteroatoms. The first kappa shape index (κ1) is 25.1. The van der Waals surface area contributed by atoms with Gasteiger partial charge in [-0.15, -0.1) is 10.2 Å². The van der Waals surface area contributed by atoms with Crippen molar-refractivity contribution >= 4 is 35.2 Å². The van der Waals surface area contributed by atoms with Gasteiger partial charge in [0.25, 0.3) is 5.91 Å². The molecule has 0 saturated carbocycles. The lowest BCUT2D eigenvalue weighted by molar-refractivity contribution is -0.127. The maximum absolute atomic E-state index is 12.0. The molecular formula is C25H32N8O3.